The van der Waals surface area contributed by atoms with Gasteiger partial charge < -0.3 is 25.8 Å². The summed E-state index contributed by atoms with van der Waals surface area (Å²) >= 11 is 0. The quantitative estimate of drug-likeness (QED) is 0.597. The Morgan fingerprint density at radius 1 is 1.47 bits per heavy atom. The van der Waals surface area contributed by atoms with Crippen LogP contribution in [0, 0.1) is 6.92 Å². The molecule has 0 aliphatic heterocycles. The predicted molar refractivity (Wildman–Crippen MR) is 60.0 cm³/mol. The third-order valence-electron chi connectivity index (χ3n) is 2.45. The molecule has 17 heavy (non-hydrogen) atoms. The molecule has 6 nitrogen and oxygen atoms in total. The van der Waals surface area contributed by atoms with E-state index in [1.54, 1.807) is 6.92 Å². The normalized spacial score (nSPS) is 14.1. The van der Waals surface area contributed by atoms with Crippen LogP contribution in [0.1, 0.15) is 17.2 Å². The van der Waals surface area contributed by atoms with Crippen LogP contribution < -0.4 is 10.5 Å². The zero-order chi connectivity index (χ0) is 13.2. The highest BCUT2D eigenvalue weighted by Gasteiger charge is 2.25. The Bertz CT molecular complexity index is 409. The Morgan fingerprint density at radius 2 is 2.06 bits per heavy atom. The van der Waals surface area contributed by atoms with Crippen molar-refractivity contribution < 1.29 is 24.9 Å². The lowest BCUT2D eigenvalue weighted by Crippen LogP contribution is -2.36. The van der Waals surface area contributed by atoms with Crippen molar-refractivity contribution in [3.8, 4) is 11.5 Å². The van der Waals surface area contributed by atoms with Crippen molar-refractivity contribution in [2.45, 2.75) is 19.1 Å². The molecule has 2 unspecified atom stereocenters. The fourth-order valence-electron chi connectivity index (χ4n) is 1.56. The monoisotopic (exact) mass is 241 g/mol. The van der Waals surface area contributed by atoms with Gasteiger partial charge in [-0.2, -0.15) is 0 Å². The van der Waals surface area contributed by atoms with E-state index in [1.807, 2.05) is 0 Å². The number of aliphatic hydroxyl groups excluding tert-OH is 1. The molecule has 0 fully saturated rings. The number of hydrogen-bond acceptors (Lipinski definition) is 5. The molecule has 0 radical (unpaired) electrons. The van der Waals surface area contributed by atoms with E-state index in [4.69, 9.17) is 15.6 Å². The first kappa shape index (κ1) is 13.3. The Kier molecular flexibility index (Phi) is 3.93. The number of hydrogen-bond donors (Lipinski definition) is 4. The fraction of sp³-hybridized carbons (Fsp3) is 0.364. The number of phenolic OH excluding ortho intramolecular Hbond substituents is 1. The molecular weight excluding hydrogens is 226 g/mol. The van der Waals surface area contributed by atoms with E-state index in [-0.39, 0.29) is 17.1 Å². The van der Waals surface area contributed by atoms with Gasteiger partial charge in [0.1, 0.15) is 12.1 Å². The zero-order valence-corrected chi connectivity index (χ0v) is 9.54. The van der Waals surface area contributed by atoms with Crippen LogP contribution in [0.15, 0.2) is 12.1 Å². The Hall–Kier alpha value is -1.79. The van der Waals surface area contributed by atoms with Crippen LogP contribution in [0.3, 0.4) is 0 Å². The van der Waals surface area contributed by atoms with Gasteiger partial charge in [0, 0.05) is 0 Å². The van der Waals surface area contributed by atoms with E-state index < -0.39 is 18.1 Å². The van der Waals surface area contributed by atoms with E-state index >= 15 is 0 Å². The molecule has 0 aliphatic rings. The highest BCUT2D eigenvalue weighted by molar-refractivity contribution is 5.74. The summed E-state index contributed by atoms with van der Waals surface area (Å²) in [5.74, 6) is -1.20. The molecular formula is C11H15NO5. The lowest BCUT2D eigenvalue weighted by Gasteiger charge is -2.17. The maximum absolute atomic E-state index is 10.6. The van der Waals surface area contributed by atoms with E-state index in [0.717, 1.165) is 0 Å². The molecule has 6 heteroatoms. The number of carboxylic acids is 1. The SMILES string of the molecule is COc1c(C)cc(C(O)C(N)C(=O)O)cc1O. The number of methoxy groups -OCH3 is 1. The first-order valence-corrected chi connectivity index (χ1v) is 4.92. The van der Waals surface area contributed by atoms with Crippen LogP contribution in [-0.2, 0) is 4.79 Å². The largest absolute Gasteiger partial charge is 0.504 e. The number of benzene rings is 1. The van der Waals surface area contributed by atoms with Gasteiger partial charge in [0.25, 0.3) is 0 Å². The standard InChI is InChI=1S/C11H15NO5/c1-5-3-6(4-7(13)10(5)17-2)9(14)8(12)11(15)16/h3-4,8-9,13-14H,12H2,1-2H3,(H,15,16). The molecule has 1 aromatic carbocycles. The molecule has 1 aromatic rings. The zero-order valence-electron chi connectivity index (χ0n) is 9.54. The summed E-state index contributed by atoms with van der Waals surface area (Å²) in [4.78, 5) is 10.6. The summed E-state index contributed by atoms with van der Waals surface area (Å²) in [6.45, 7) is 1.67. The van der Waals surface area contributed by atoms with Crippen LogP contribution in [-0.4, -0.2) is 34.4 Å². The number of aryl methyl sites for hydroxylation is 1. The molecule has 0 saturated carbocycles. The maximum atomic E-state index is 10.6. The first-order chi connectivity index (χ1) is 7.88. The molecule has 0 heterocycles. The third-order valence-corrected chi connectivity index (χ3v) is 2.45. The second kappa shape index (κ2) is 5.03. The van der Waals surface area contributed by atoms with Gasteiger partial charge in [0.15, 0.2) is 11.5 Å². The van der Waals surface area contributed by atoms with Crippen LogP contribution in [0.25, 0.3) is 0 Å². The van der Waals surface area contributed by atoms with Crippen LogP contribution >= 0.6 is 0 Å². The van der Waals surface area contributed by atoms with Gasteiger partial charge in [-0.15, -0.1) is 0 Å². The average Bonchev–Trinajstić information content (AvgIpc) is 2.26. The van der Waals surface area contributed by atoms with E-state index in [9.17, 15) is 15.0 Å². The lowest BCUT2D eigenvalue weighted by molar-refractivity contribution is -0.141. The molecule has 0 bridgehead atoms. The second-order valence-corrected chi connectivity index (χ2v) is 3.70. The smallest absolute Gasteiger partial charge is 0.323 e. The number of nitrogens with two attached hydrogens (primary N) is 1. The van der Waals surface area contributed by atoms with Crippen molar-refractivity contribution in [3.05, 3.63) is 23.3 Å². The van der Waals surface area contributed by atoms with Gasteiger partial charge in [-0.1, -0.05) is 0 Å². The van der Waals surface area contributed by atoms with Gasteiger partial charge in [-0.3, -0.25) is 4.79 Å². The minimum atomic E-state index is -1.44. The van der Waals surface area contributed by atoms with Gasteiger partial charge in [0.2, 0.25) is 0 Å². The minimum absolute atomic E-state index is 0.167. The number of aliphatic hydroxyl groups is 1. The van der Waals surface area contributed by atoms with Gasteiger partial charge in [-0.05, 0) is 30.2 Å². The Balaban J connectivity index is 3.12. The number of carboxylic acid groups (broad SMARTS) is 1. The lowest BCUT2D eigenvalue weighted by atomic mass is 10.00. The summed E-state index contributed by atoms with van der Waals surface area (Å²) in [5.41, 5.74) is 6.11. The molecule has 0 aliphatic carbocycles. The molecule has 2 atom stereocenters. The van der Waals surface area contributed by atoms with E-state index in [2.05, 4.69) is 0 Å². The number of aromatic hydroxyl groups is 1. The van der Waals surface area contributed by atoms with Crippen LogP contribution in [0.2, 0.25) is 0 Å². The van der Waals surface area contributed by atoms with Crippen molar-refractivity contribution in [1.29, 1.82) is 0 Å². The van der Waals surface area contributed by atoms with Crippen LogP contribution in [0.4, 0.5) is 0 Å². The van der Waals surface area contributed by atoms with E-state index in [0.29, 0.717) is 5.56 Å². The summed E-state index contributed by atoms with van der Waals surface area (Å²) in [7, 11) is 1.40. The molecule has 0 aromatic heterocycles. The van der Waals surface area contributed by atoms with Gasteiger partial charge in [-0.25, -0.2) is 0 Å². The summed E-state index contributed by atoms with van der Waals surface area (Å²) in [6, 6.07) is 1.31. The molecule has 94 valence electrons. The second-order valence-electron chi connectivity index (χ2n) is 3.70. The molecule has 0 saturated heterocycles. The average molecular weight is 241 g/mol. The molecule has 0 amide bonds. The highest BCUT2D eigenvalue weighted by atomic mass is 16.5. The molecule has 5 N–H and O–H groups in total. The number of carbonyl (C=O) groups is 1. The number of ether oxygens (including phenoxy) is 1. The van der Waals surface area contributed by atoms with E-state index in [1.165, 1.54) is 19.2 Å². The summed E-state index contributed by atoms with van der Waals surface area (Å²) < 4.78 is 4.94. The van der Waals surface area contributed by atoms with Crippen LogP contribution in [0.5, 0.6) is 11.5 Å². The van der Waals surface area contributed by atoms with Gasteiger partial charge in [0.05, 0.1) is 7.11 Å². The predicted octanol–water partition coefficient (Wildman–Crippen LogP) is 0.155. The molecule has 0 spiro atoms. The minimum Gasteiger partial charge on any atom is -0.504 e. The van der Waals surface area contributed by atoms with Crippen molar-refractivity contribution in [3.63, 3.8) is 0 Å². The van der Waals surface area contributed by atoms with Crippen molar-refractivity contribution in [1.82, 2.24) is 0 Å². The third kappa shape index (κ3) is 2.66. The maximum Gasteiger partial charge on any atom is 0.323 e. The molecule has 1 rings (SSSR count). The summed E-state index contributed by atoms with van der Waals surface area (Å²) in [5, 5.41) is 28.0. The number of phenols is 1. The number of aliphatic carboxylic acids is 1. The van der Waals surface area contributed by atoms with Crippen molar-refractivity contribution >= 4 is 5.97 Å². The Morgan fingerprint density at radius 3 is 2.47 bits per heavy atom. The highest BCUT2D eigenvalue weighted by Crippen LogP contribution is 2.33. The van der Waals surface area contributed by atoms with Crippen molar-refractivity contribution in [2.24, 2.45) is 5.73 Å². The Labute approximate surface area is 98.3 Å². The topological polar surface area (TPSA) is 113 Å². The van der Waals surface area contributed by atoms with Gasteiger partial charge >= 0.3 is 5.97 Å². The number of rotatable bonds is 4. The fourth-order valence-corrected chi connectivity index (χ4v) is 1.56. The summed E-state index contributed by atoms with van der Waals surface area (Å²) in [6.07, 6.45) is -1.39. The first-order valence-electron chi connectivity index (χ1n) is 4.92. The van der Waals surface area contributed by atoms with Crippen molar-refractivity contribution in [2.75, 3.05) is 7.11 Å².